The molecule has 0 aliphatic rings. The first-order valence-electron chi connectivity index (χ1n) is 6.44. The van der Waals surface area contributed by atoms with Gasteiger partial charge in [-0.15, -0.1) is 0 Å². The van der Waals surface area contributed by atoms with Crippen molar-refractivity contribution in [1.82, 2.24) is 10.1 Å². The quantitative estimate of drug-likeness (QED) is 0.895. The van der Waals surface area contributed by atoms with Crippen molar-refractivity contribution >= 4 is 0 Å². The lowest BCUT2D eigenvalue weighted by Gasteiger charge is -2.09. The molecule has 2 aromatic rings. The monoisotopic (exact) mass is 261 g/mol. The van der Waals surface area contributed by atoms with E-state index in [-0.39, 0.29) is 12.0 Å². The molecule has 2 rings (SSSR count). The molecule has 0 aliphatic carbocycles. The Labute approximate surface area is 112 Å². The lowest BCUT2D eigenvalue weighted by atomic mass is 10.1. The van der Waals surface area contributed by atoms with Crippen LogP contribution in [0.25, 0.3) is 11.4 Å². The first-order valence-corrected chi connectivity index (χ1v) is 6.44. The fourth-order valence-corrected chi connectivity index (χ4v) is 1.66. The average Bonchev–Trinajstić information content (AvgIpc) is 2.88. The molecule has 1 atom stereocenters. The zero-order chi connectivity index (χ0) is 13.8. The molecule has 5 heteroatoms. The van der Waals surface area contributed by atoms with E-state index in [0.29, 0.717) is 18.3 Å². The minimum atomic E-state index is -0.240. The van der Waals surface area contributed by atoms with Gasteiger partial charge in [-0.3, -0.25) is 0 Å². The Balaban J connectivity index is 2.25. The summed E-state index contributed by atoms with van der Waals surface area (Å²) in [5.74, 6) is 2.04. The molecule has 1 heterocycles. The summed E-state index contributed by atoms with van der Waals surface area (Å²) in [5, 5.41) is 3.97. The van der Waals surface area contributed by atoms with E-state index in [4.69, 9.17) is 15.0 Å². The Bertz CT molecular complexity index is 537. The number of nitrogens with two attached hydrogens (primary N) is 1. The second-order valence-electron chi connectivity index (χ2n) is 4.69. The van der Waals surface area contributed by atoms with Gasteiger partial charge in [0, 0.05) is 5.56 Å². The summed E-state index contributed by atoms with van der Waals surface area (Å²) >= 11 is 0. The number of aromatic nitrogens is 2. The molecule has 1 unspecified atom stereocenters. The van der Waals surface area contributed by atoms with Crippen molar-refractivity contribution in [1.29, 1.82) is 0 Å². The van der Waals surface area contributed by atoms with E-state index >= 15 is 0 Å². The maximum absolute atomic E-state index is 5.99. The van der Waals surface area contributed by atoms with Gasteiger partial charge in [0.05, 0.1) is 12.6 Å². The van der Waals surface area contributed by atoms with Crippen LogP contribution in [0.1, 0.15) is 32.7 Å². The Morgan fingerprint density at radius 2 is 2.16 bits per heavy atom. The van der Waals surface area contributed by atoms with Gasteiger partial charge >= 0.3 is 0 Å². The van der Waals surface area contributed by atoms with Crippen LogP contribution in [-0.4, -0.2) is 16.7 Å². The van der Waals surface area contributed by atoms with Gasteiger partial charge in [-0.2, -0.15) is 4.98 Å². The van der Waals surface area contributed by atoms with Gasteiger partial charge in [-0.05, 0) is 25.0 Å². The van der Waals surface area contributed by atoms with Gasteiger partial charge in [0.1, 0.15) is 5.75 Å². The van der Waals surface area contributed by atoms with Gasteiger partial charge < -0.3 is 15.0 Å². The standard InChI is InChI=1S/C14H19N3O2/c1-4-18-11-7-5-6-10(8-11)13-16-14(19-17-13)12(15)9(2)3/h5-9,12H,4,15H2,1-3H3. The Hall–Kier alpha value is -1.88. The SMILES string of the molecule is CCOc1cccc(-c2noc(C(N)C(C)C)n2)c1. The lowest BCUT2D eigenvalue weighted by molar-refractivity contribution is 0.325. The normalized spacial score (nSPS) is 12.7. The van der Waals surface area contributed by atoms with Crippen LogP contribution in [0.5, 0.6) is 5.75 Å². The third-order valence-electron chi connectivity index (χ3n) is 2.85. The molecule has 2 N–H and O–H groups in total. The summed E-state index contributed by atoms with van der Waals surface area (Å²) in [7, 11) is 0. The number of hydrogen-bond acceptors (Lipinski definition) is 5. The molecular formula is C14H19N3O2. The van der Waals surface area contributed by atoms with Crippen molar-refractivity contribution in [3.8, 4) is 17.1 Å². The molecule has 0 bridgehead atoms. The highest BCUT2D eigenvalue weighted by Crippen LogP contribution is 2.24. The molecule has 0 saturated carbocycles. The average molecular weight is 261 g/mol. The Morgan fingerprint density at radius 3 is 2.84 bits per heavy atom. The first kappa shape index (κ1) is 13.5. The van der Waals surface area contributed by atoms with Crippen LogP contribution >= 0.6 is 0 Å². The molecule has 0 saturated heterocycles. The van der Waals surface area contributed by atoms with E-state index in [1.54, 1.807) is 0 Å². The van der Waals surface area contributed by atoms with Crippen molar-refractivity contribution < 1.29 is 9.26 Å². The summed E-state index contributed by atoms with van der Waals surface area (Å²) in [6, 6.07) is 7.36. The molecule has 19 heavy (non-hydrogen) atoms. The Morgan fingerprint density at radius 1 is 1.37 bits per heavy atom. The number of ether oxygens (including phenoxy) is 1. The summed E-state index contributed by atoms with van der Waals surface area (Å²) in [6.07, 6.45) is 0. The van der Waals surface area contributed by atoms with E-state index in [9.17, 15) is 0 Å². The zero-order valence-corrected chi connectivity index (χ0v) is 11.5. The second-order valence-corrected chi connectivity index (χ2v) is 4.69. The highest BCUT2D eigenvalue weighted by molar-refractivity contribution is 5.56. The molecule has 0 spiro atoms. The number of benzene rings is 1. The topological polar surface area (TPSA) is 74.2 Å². The van der Waals surface area contributed by atoms with Gasteiger partial charge in [0.15, 0.2) is 0 Å². The van der Waals surface area contributed by atoms with Crippen LogP contribution in [-0.2, 0) is 0 Å². The summed E-state index contributed by atoms with van der Waals surface area (Å²) < 4.78 is 10.7. The van der Waals surface area contributed by atoms with E-state index in [1.807, 2.05) is 45.0 Å². The van der Waals surface area contributed by atoms with Gasteiger partial charge in [-0.25, -0.2) is 0 Å². The minimum absolute atomic E-state index is 0.240. The molecular weight excluding hydrogens is 242 g/mol. The maximum atomic E-state index is 5.99. The van der Waals surface area contributed by atoms with Gasteiger partial charge in [0.25, 0.3) is 0 Å². The zero-order valence-electron chi connectivity index (χ0n) is 11.5. The lowest BCUT2D eigenvalue weighted by Crippen LogP contribution is -2.16. The first-order chi connectivity index (χ1) is 9.11. The van der Waals surface area contributed by atoms with Crippen LogP contribution in [0.2, 0.25) is 0 Å². The van der Waals surface area contributed by atoms with Crippen LogP contribution in [0, 0.1) is 5.92 Å². The van der Waals surface area contributed by atoms with Crippen LogP contribution in [0.3, 0.4) is 0 Å². The largest absolute Gasteiger partial charge is 0.494 e. The van der Waals surface area contributed by atoms with E-state index in [2.05, 4.69) is 10.1 Å². The molecule has 102 valence electrons. The third kappa shape index (κ3) is 3.12. The second kappa shape index (κ2) is 5.84. The van der Waals surface area contributed by atoms with E-state index in [1.165, 1.54) is 0 Å². The molecule has 0 radical (unpaired) electrons. The summed E-state index contributed by atoms with van der Waals surface area (Å²) in [5.41, 5.74) is 6.84. The predicted molar refractivity (Wildman–Crippen MR) is 72.7 cm³/mol. The van der Waals surface area contributed by atoms with Crippen molar-refractivity contribution in [2.24, 2.45) is 11.7 Å². The van der Waals surface area contributed by atoms with Crippen molar-refractivity contribution in [3.05, 3.63) is 30.2 Å². The molecule has 0 amide bonds. The number of hydrogen-bond donors (Lipinski definition) is 1. The van der Waals surface area contributed by atoms with Gasteiger partial charge in [-0.1, -0.05) is 31.1 Å². The van der Waals surface area contributed by atoms with Crippen LogP contribution in [0.4, 0.5) is 0 Å². The highest BCUT2D eigenvalue weighted by atomic mass is 16.5. The van der Waals surface area contributed by atoms with Crippen molar-refractivity contribution in [2.75, 3.05) is 6.61 Å². The fourth-order valence-electron chi connectivity index (χ4n) is 1.66. The van der Waals surface area contributed by atoms with Crippen molar-refractivity contribution in [3.63, 3.8) is 0 Å². The minimum Gasteiger partial charge on any atom is -0.494 e. The maximum Gasteiger partial charge on any atom is 0.244 e. The van der Waals surface area contributed by atoms with Crippen molar-refractivity contribution in [2.45, 2.75) is 26.8 Å². The molecule has 0 aliphatic heterocycles. The molecule has 1 aromatic carbocycles. The smallest absolute Gasteiger partial charge is 0.244 e. The summed E-state index contributed by atoms with van der Waals surface area (Å²) in [6.45, 7) is 6.61. The molecule has 5 nitrogen and oxygen atoms in total. The Kier molecular flexibility index (Phi) is 4.16. The fraction of sp³-hybridized carbons (Fsp3) is 0.429. The van der Waals surface area contributed by atoms with E-state index < -0.39 is 0 Å². The third-order valence-corrected chi connectivity index (χ3v) is 2.85. The van der Waals surface area contributed by atoms with Crippen LogP contribution in [0.15, 0.2) is 28.8 Å². The molecule has 0 fully saturated rings. The highest BCUT2D eigenvalue weighted by Gasteiger charge is 2.18. The predicted octanol–water partition coefficient (Wildman–Crippen LogP) is 2.79. The van der Waals surface area contributed by atoms with Crippen LogP contribution < -0.4 is 10.5 Å². The van der Waals surface area contributed by atoms with Gasteiger partial charge in [0.2, 0.25) is 11.7 Å². The number of nitrogens with zero attached hydrogens (tertiary/aromatic N) is 2. The number of rotatable bonds is 5. The van der Waals surface area contributed by atoms with E-state index in [0.717, 1.165) is 11.3 Å². The molecule has 1 aromatic heterocycles. The summed E-state index contributed by atoms with van der Waals surface area (Å²) in [4.78, 5) is 4.34.